The van der Waals surface area contributed by atoms with E-state index < -0.39 is 0 Å². The molecule has 5 heteroatoms. The van der Waals surface area contributed by atoms with Crippen molar-refractivity contribution in [3.05, 3.63) is 40.9 Å². The van der Waals surface area contributed by atoms with Gasteiger partial charge >= 0.3 is 0 Å². The average Bonchev–Trinajstić information content (AvgIpc) is 3.19. The fraction of sp³-hybridized carbons (Fsp3) is 0.375. The first-order valence-electron chi connectivity index (χ1n) is 7.26. The van der Waals surface area contributed by atoms with Gasteiger partial charge in [0.1, 0.15) is 0 Å². The number of benzene rings is 1. The van der Waals surface area contributed by atoms with Crippen LogP contribution >= 0.6 is 11.3 Å². The molecule has 1 aliphatic carbocycles. The zero-order chi connectivity index (χ0) is 14.8. The summed E-state index contributed by atoms with van der Waals surface area (Å²) >= 11 is 1.50. The Balaban J connectivity index is 1.74. The third kappa shape index (κ3) is 3.42. The second kappa shape index (κ2) is 5.85. The predicted molar refractivity (Wildman–Crippen MR) is 87.2 cm³/mol. The van der Waals surface area contributed by atoms with Crippen LogP contribution in [0.2, 0.25) is 0 Å². The van der Waals surface area contributed by atoms with E-state index in [2.05, 4.69) is 29.5 Å². The van der Waals surface area contributed by atoms with Crippen LogP contribution in [-0.4, -0.2) is 16.9 Å². The first kappa shape index (κ1) is 14.1. The summed E-state index contributed by atoms with van der Waals surface area (Å²) in [5.41, 5.74) is 2.61. The Bertz CT molecular complexity index is 646. The zero-order valence-corrected chi connectivity index (χ0v) is 13.0. The molecule has 0 radical (unpaired) electrons. The van der Waals surface area contributed by atoms with Gasteiger partial charge in [-0.3, -0.25) is 10.1 Å². The lowest BCUT2D eigenvalue weighted by Crippen LogP contribution is -2.17. The molecular formula is C16H19N3OS. The summed E-state index contributed by atoms with van der Waals surface area (Å²) in [5.74, 6) is 0.497. The molecule has 2 N–H and O–H groups in total. The van der Waals surface area contributed by atoms with Crippen molar-refractivity contribution < 1.29 is 4.79 Å². The van der Waals surface area contributed by atoms with Crippen LogP contribution in [0, 0.1) is 0 Å². The number of anilines is 2. The number of hydrogen-bond acceptors (Lipinski definition) is 4. The van der Waals surface area contributed by atoms with E-state index in [0.29, 0.717) is 16.6 Å². The normalized spacial score (nSPS) is 14.2. The molecule has 2 aromatic rings. The second-order valence-electron chi connectivity index (χ2n) is 5.65. The van der Waals surface area contributed by atoms with Gasteiger partial charge in [0.15, 0.2) is 5.13 Å². The monoisotopic (exact) mass is 301 g/mol. The Morgan fingerprint density at radius 1 is 1.33 bits per heavy atom. The third-order valence-electron chi connectivity index (χ3n) is 3.35. The van der Waals surface area contributed by atoms with E-state index in [1.54, 1.807) is 0 Å². The lowest BCUT2D eigenvalue weighted by atomic mass is 10.1. The molecule has 110 valence electrons. The van der Waals surface area contributed by atoms with Crippen LogP contribution in [0.3, 0.4) is 0 Å². The highest BCUT2D eigenvalue weighted by molar-refractivity contribution is 7.14. The summed E-state index contributed by atoms with van der Waals surface area (Å²) in [6.07, 6.45) is 2.44. The van der Waals surface area contributed by atoms with E-state index in [-0.39, 0.29) is 11.9 Å². The van der Waals surface area contributed by atoms with Gasteiger partial charge in [0.25, 0.3) is 5.91 Å². The molecule has 21 heavy (non-hydrogen) atoms. The summed E-state index contributed by atoms with van der Waals surface area (Å²) in [5, 5.41) is 8.93. The summed E-state index contributed by atoms with van der Waals surface area (Å²) in [6, 6.07) is 7.83. The smallest absolute Gasteiger partial charge is 0.259 e. The second-order valence-corrected chi connectivity index (χ2v) is 6.51. The highest BCUT2D eigenvalue weighted by Crippen LogP contribution is 2.40. The third-order valence-corrected chi connectivity index (χ3v) is 4.13. The number of rotatable bonds is 5. The Kier molecular flexibility index (Phi) is 3.92. The Morgan fingerprint density at radius 3 is 2.81 bits per heavy atom. The molecule has 0 aliphatic heterocycles. The van der Waals surface area contributed by atoms with Crippen LogP contribution in [-0.2, 0) is 0 Å². The molecule has 0 atom stereocenters. The number of para-hydroxylation sites is 1. The van der Waals surface area contributed by atoms with Crippen molar-refractivity contribution in [2.24, 2.45) is 0 Å². The van der Waals surface area contributed by atoms with Gasteiger partial charge < -0.3 is 5.32 Å². The SMILES string of the molecule is CC(C)Nc1ccccc1C(=O)Nc1nc(C2CC2)cs1. The number of nitrogens with zero attached hydrogens (tertiary/aromatic N) is 1. The van der Waals surface area contributed by atoms with Gasteiger partial charge in [-0.1, -0.05) is 12.1 Å². The number of thiazole rings is 1. The number of aromatic nitrogens is 1. The van der Waals surface area contributed by atoms with E-state index in [1.807, 2.05) is 29.6 Å². The van der Waals surface area contributed by atoms with Gasteiger partial charge in [-0.2, -0.15) is 0 Å². The van der Waals surface area contributed by atoms with Crippen molar-refractivity contribution in [2.45, 2.75) is 38.6 Å². The molecule has 1 heterocycles. The van der Waals surface area contributed by atoms with Crippen LogP contribution in [0.1, 0.15) is 48.7 Å². The molecule has 1 saturated carbocycles. The summed E-state index contributed by atoms with van der Waals surface area (Å²) in [7, 11) is 0. The Morgan fingerprint density at radius 2 is 2.10 bits per heavy atom. The maximum absolute atomic E-state index is 12.4. The van der Waals surface area contributed by atoms with E-state index in [9.17, 15) is 4.79 Å². The van der Waals surface area contributed by atoms with Crippen molar-refractivity contribution in [2.75, 3.05) is 10.6 Å². The average molecular weight is 301 g/mol. The van der Waals surface area contributed by atoms with E-state index in [0.717, 1.165) is 11.4 Å². The minimum atomic E-state index is -0.115. The number of carbonyl (C=O) groups excluding carboxylic acids is 1. The van der Waals surface area contributed by atoms with Crippen LogP contribution in [0.5, 0.6) is 0 Å². The van der Waals surface area contributed by atoms with E-state index >= 15 is 0 Å². The fourth-order valence-corrected chi connectivity index (χ4v) is 2.98. The fourth-order valence-electron chi connectivity index (χ4n) is 2.19. The molecule has 1 aromatic heterocycles. The van der Waals surface area contributed by atoms with Crippen molar-refractivity contribution in [3.63, 3.8) is 0 Å². The predicted octanol–water partition coefficient (Wildman–Crippen LogP) is 4.09. The lowest BCUT2D eigenvalue weighted by molar-refractivity contribution is 0.102. The van der Waals surface area contributed by atoms with Crippen molar-refractivity contribution in [1.29, 1.82) is 0 Å². The maximum Gasteiger partial charge on any atom is 0.259 e. The number of amides is 1. The van der Waals surface area contributed by atoms with Crippen LogP contribution in [0.25, 0.3) is 0 Å². The van der Waals surface area contributed by atoms with Gasteiger partial charge in [0, 0.05) is 23.0 Å². The lowest BCUT2D eigenvalue weighted by Gasteiger charge is -2.13. The maximum atomic E-state index is 12.4. The van der Waals surface area contributed by atoms with Crippen molar-refractivity contribution >= 4 is 28.1 Å². The first-order chi connectivity index (χ1) is 10.1. The summed E-state index contributed by atoms with van der Waals surface area (Å²) in [4.78, 5) is 16.9. The summed E-state index contributed by atoms with van der Waals surface area (Å²) < 4.78 is 0. The van der Waals surface area contributed by atoms with Crippen LogP contribution in [0.15, 0.2) is 29.6 Å². The first-order valence-corrected chi connectivity index (χ1v) is 8.14. The number of hydrogen-bond donors (Lipinski definition) is 2. The quantitative estimate of drug-likeness (QED) is 0.874. The molecule has 1 amide bonds. The molecule has 0 unspecified atom stereocenters. The molecule has 0 saturated heterocycles. The molecule has 0 spiro atoms. The van der Waals surface area contributed by atoms with E-state index in [1.165, 1.54) is 24.2 Å². The van der Waals surface area contributed by atoms with E-state index in [4.69, 9.17) is 0 Å². The van der Waals surface area contributed by atoms with Crippen molar-refractivity contribution in [1.82, 2.24) is 4.98 Å². The van der Waals surface area contributed by atoms with Crippen LogP contribution < -0.4 is 10.6 Å². The molecular weight excluding hydrogens is 282 g/mol. The topological polar surface area (TPSA) is 54.0 Å². The highest BCUT2D eigenvalue weighted by atomic mass is 32.1. The van der Waals surface area contributed by atoms with Gasteiger partial charge in [0.05, 0.1) is 11.3 Å². The minimum Gasteiger partial charge on any atom is -0.382 e. The standard InChI is InChI=1S/C16H19N3OS/c1-10(2)17-13-6-4-3-5-12(13)15(20)19-16-18-14(9-21-16)11-7-8-11/h3-6,9-11,17H,7-8H2,1-2H3,(H,18,19,20). The van der Waals surface area contributed by atoms with Gasteiger partial charge in [-0.05, 0) is 38.8 Å². The number of carbonyl (C=O) groups is 1. The Labute approximate surface area is 128 Å². The number of nitrogens with one attached hydrogen (secondary N) is 2. The van der Waals surface area contributed by atoms with Gasteiger partial charge in [-0.15, -0.1) is 11.3 Å². The molecule has 1 aliphatic rings. The highest BCUT2D eigenvalue weighted by Gasteiger charge is 2.26. The minimum absolute atomic E-state index is 0.115. The molecule has 1 fully saturated rings. The van der Waals surface area contributed by atoms with Crippen LogP contribution in [0.4, 0.5) is 10.8 Å². The molecule has 0 bridgehead atoms. The van der Waals surface area contributed by atoms with Crippen molar-refractivity contribution in [3.8, 4) is 0 Å². The largest absolute Gasteiger partial charge is 0.382 e. The molecule has 1 aromatic carbocycles. The molecule has 3 rings (SSSR count). The Hall–Kier alpha value is -1.88. The summed E-state index contributed by atoms with van der Waals surface area (Å²) in [6.45, 7) is 4.11. The van der Waals surface area contributed by atoms with Gasteiger partial charge in [0.2, 0.25) is 0 Å². The zero-order valence-electron chi connectivity index (χ0n) is 12.2. The van der Waals surface area contributed by atoms with Gasteiger partial charge in [-0.25, -0.2) is 4.98 Å². The molecule has 4 nitrogen and oxygen atoms in total.